The van der Waals surface area contributed by atoms with Crippen LogP contribution in [0.2, 0.25) is 0 Å². The first-order valence-electron chi connectivity index (χ1n) is 8.24. The Hall–Kier alpha value is -3.31. The molecule has 0 atom stereocenters. The molecular formula is C18H20N6O2. The van der Waals surface area contributed by atoms with Gasteiger partial charge in [-0.3, -0.25) is 10.1 Å². The molecule has 0 amide bonds. The van der Waals surface area contributed by atoms with Crippen LogP contribution >= 0.6 is 0 Å². The number of nitrogens with two attached hydrogens (primary N) is 1. The molecule has 0 spiro atoms. The number of anilines is 1. The van der Waals surface area contributed by atoms with E-state index in [1.165, 1.54) is 18.2 Å². The summed E-state index contributed by atoms with van der Waals surface area (Å²) in [5.74, 6) is 0. The summed E-state index contributed by atoms with van der Waals surface area (Å²) in [6.45, 7) is 4.51. The maximum absolute atomic E-state index is 10.8. The van der Waals surface area contributed by atoms with E-state index in [1.54, 1.807) is 0 Å². The first-order valence-corrected chi connectivity index (χ1v) is 8.24. The van der Waals surface area contributed by atoms with Crippen LogP contribution in [0.3, 0.4) is 0 Å². The third-order valence-electron chi connectivity index (χ3n) is 3.81. The minimum Gasteiger partial charge on any atom is -0.372 e. The van der Waals surface area contributed by atoms with Crippen LogP contribution in [0.1, 0.15) is 18.9 Å². The Morgan fingerprint density at radius 1 is 1.23 bits per heavy atom. The van der Waals surface area contributed by atoms with Crippen molar-refractivity contribution < 1.29 is 4.92 Å². The molecular weight excluding hydrogens is 332 g/mol. The Labute approximate surface area is 151 Å². The van der Waals surface area contributed by atoms with Crippen molar-refractivity contribution in [2.75, 3.05) is 24.5 Å². The molecule has 2 aromatic rings. The smallest absolute Gasteiger partial charge is 0.270 e. The minimum absolute atomic E-state index is 0.110. The molecule has 0 saturated carbocycles. The number of non-ortho nitro benzene ring substituents is 1. The van der Waals surface area contributed by atoms with Crippen LogP contribution in [0.4, 0.5) is 22.7 Å². The molecule has 0 unspecified atom stereocenters. The minimum atomic E-state index is -0.551. The molecule has 26 heavy (non-hydrogen) atoms. The average molecular weight is 352 g/mol. The molecule has 0 aliphatic rings. The van der Waals surface area contributed by atoms with Crippen LogP contribution in [-0.2, 0) is 0 Å². The molecule has 0 aliphatic heterocycles. The summed E-state index contributed by atoms with van der Waals surface area (Å²) in [4.78, 5) is 12.4. The highest BCUT2D eigenvalue weighted by Crippen LogP contribution is 2.27. The summed E-state index contributed by atoms with van der Waals surface area (Å²) in [5, 5.41) is 28.1. The van der Waals surface area contributed by atoms with E-state index in [4.69, 9.17) is 11.0 Å². The van der Waals surface area contributed by atoms with E-state index >= 15 is 0 Å². The zero-order chi connectivity index (χ0) is 18.9. The van der Waals surface area contributed by atoms with Crippen LogP contribution in [0.5, 0.6) is 0 Å². The van der Waals surface area contributed by atoms with Crippen molar-refractivity contribution in [2.24, 2.45) is 16.0 Å². The highest BCUT2D eigenvalue weighted by atomic mass is 16.6. The molecule has 8 nitrogen and oxygen atoms in total. The van der Waals surface area contributed by atoms with Crippen molar-refractivity contribution in [1.82, 2.24) is 0 Å². The van der Waals surface area contributed by atoms with Crippen LogP contribution in [0.25, 0.3) is 0 Å². The first-order chi connectivity index (χ1) is 12.6. The summed E-state index contributed by atoms with van der Waals surface area (Å²) >= 11 is 0. The lowest BCUT2D eigenvalue weighted by molar-refractivity contribution is -0.384. The maximum atomic E-state index is 10.8. The quantitative estimate of drug-likeness (QED) is 0.436. The number of nitro benzene ring substituents is 1. The van der Waals surface area contributed by atoms with Crippen molar-refractivity contribution in [3.8, 4) is 6.07 Å². The van der Waals surface area contributed by atoms with Gasteiger partial charge in [0.15, 0.2) is 0 Å². The zero-order valence-corrected chi connectivity index (χ0v) is 14.5. The van der Waals surface area contributed by atoms with Crippen molar-refractivity contribution in [3.63, 3.8) is 0 Å². The highest BCUT2D eigenvalue weighted by molar-refractivity contribution is 5.58. The van der Waals surface area contributed by atoms with Gasteiger partial charge in [-0.05, 0) is 50.2 Å². The Balaban J connectivity index is 2.16. The van der Waals surface area contributed by atoms with E-state index in [1.807, 2.05) is 30.3 Å². The number of benzene rings is 2. The van der Waals surface area contributed by atoms with Gasteiger partial charge in [0, 0.05) is 30.9 Å². The third kappa shape index (κ3) is 4.84. The number of hydrogen-bond donors (Lipinski definition) is 1. The molecule has 2 aromatic carbocycles. The van der Waals surface area contributed by atoms with E-state index in [0.29, 0.717) is 17.9 Å². The summed E-state index contributed by atoms with van der Waals surface area (Å²) in [6.07, 6.45) is 0.923. The number of nitrogens with zero attached hydrogens (tertiary/aromatic N) is 5. The number of rotatable bonds is 8. The van der Waals surface area contributed by atoms with Crippen LogP contribution in [-0.4, -0.2) is 24.6 Å². The second kappa shape index (κ2) is 9.25. The van der Waals surface area contributed by atoms with E-state index < -0.39 is 4.92 Å². The molecule has 134 valence electrons. The molecule has 8 heteroatoms. The number of nitriles is 1. The van der Waals surface area contributed by atoms with Crippen molar-refractivity contribution >= 4 is 22.7 Å². The van der Waals surface area contributed by atoms with Gasteiger partial charge in [-0.15, -0.1) is 5.11 Å². The van der Waals surface area contributed by atoms with Crippen LogP contribution in [0, 0.1) is 21.4 Å². The summed E-state index contributed by atoms with van der Waals surface area (Å²) in [7, 11) is 0. The molecule has 0 heterocycles. The number of hydrogen-bond acceptors (Lipinski definition) is 7. The van der Waals surface area contributed by atoms with E-state index in [2.05, 4.69) is 22.1 Å². The van der Waals surface area contributed by atoms with Gasteiger partial charge in [-0.1, -0.05) is 0 Å². The largest absolute Gasteiger partial charge is 0.372 e. The van der Waals surface area contributed by atoms with Gasteiger partial charge in [0.1, 0.15) is 11.8 Å². The highest BCUT2D eigenvalue weighted by Gasteiger charge is 2.10. The molecule has 2 rings (SSSR count). The summed E-state index contributed by atoms with van der Waals surface area (Å²) in [6, 6.07) is 13.4. The fourth-order valence-corrected chi connectivity index (χ4v) is 2.41. The van der Waals surface area contributed by atoms with Gasteiger partial charge in [0.25, 0.3) is 5.69 Å². The molecule has 0 aromatic heterocycles. The Morgan fingerprint density at radius 3 is 2.54 bits per heavy atom. The van der Waals surface area contributed by atoms with Crippen LogP contribution in [0.15, 0.2) is 52.7 Å². The SMILES string of the molecule is CCN(CCCN)c1ccc(N=Nc2ccc([N+](=O)[O-])cc2C#N)cc1. The van der Waals surface area contributed by atoms with E-state index in [0.717, 1.165) is 25.2 Å². The third-order valence-corrected chi connectivity index (χ3v) is 3.81. The zero-order valence-electron chi connectivity index (χ0n) is 14.5. The van der Waals surface area contributed by atoms with Crippen molar-refractivity contribution in [1.29, 1.82) is 5.26 Å². The summed E-state index contributed by atoms with van der Waals surface area (Å²) < 4.78 is 0. The Kier molecular flexibility index (Phi) is 6.76. The normalized spacial score (nSPS) is 10.7. The van der Waals surface area contributed by atoms with Gasteiger partial charge in [0.05, 0.1) is 16.2 Å². The van der Waals surface area contributed by atoms with Crippen molar-refractivity contribution in [3.05, 3.63) is 58.1 Å². The molecule has 0 bridgehead atoms. The molecule has 0 saturated heterocycles. The molecule has 2 N–H and O–H groups in total. The van der Waals surface area contributed by atoms with Gasteiger partial charge in [0.2, 0.25) is 0 Å². The second-order valence-electron chi connectivity index (χ2n) is 5.51. The topological polar surface area (TPSA) is 121 Å². The van der Waals surface area contributed by atoms with E-state index in [9.17, 15) is 10.1 Å². The Bertz CT molecular complexity index is 827. The lowest BCUT2D eigenvalue weighted by Crippen LogP contribution is -2.25. The van der Waals surface area contributed by atoms with Crippen molar-refractivity contribution in [2.45, 2.75) is 13.3 Å². The predicted molar refractivity (Wildman–Crippen MR) is 100.0 cm³/mol. The van der Waals surface area contributed by atoms with E-state index in [-0.39, 0.29) is 11.3 Å². The fourth-order valence-electron chi connectivity index (χ4n) is 2.41. The van der Waals surface area contributed by atoms with Gasteiger partial charge in [-0.2, -0.15) is 10.4 Å². The average Bonchev–Trinajstić information content (AvgIpc) is 2.67. The fraction of sp³-hybridized carbons (Fsp3) is 0.278. The maximum Gasteiger partial charge on any atom is 0.270 e. The van der Waals surface area contributed by atoms with Gasteiger partial charge < -0.3 is 10.6 Å². The molecule has 0 fully saturated rings. The monoisotopic (exact) mass is 352 g/mol. The Morgan fingerprint density at radius 2 is 1.96 bits per heavy atom. The lowest BCUT2D eigenvalue weighted by atomic mass is 10.2. The summed E-state index contributed by atoms with van der Waals surface area (Å²) in [5.41, 5.74) is 7.52. The first kappa shape index (κ1) is 19.0. The standard InChI is InChI=1S/C18H20N6O2/c1-2-23(11-3-10-19)16-6-4-15(5-7-16)21-22-18-9-8-17(24(25)26)12-14(18)13-20/h4-9,12H,2-3,10-11,19H2,1H3. The number of nitro groups is 1. The molecule has 0 radical (unpaired) electrons. The van der Waals surface area contributed by atoms with Gasteiger partial charge >= 0.3 is 0 Å². The molecule has 0 aliphatic carbocycles. The lowest BCUT2D eigenvalue weighted by Gasteiger charge is -2.22. The predicted octanol–water partition coefficient (Wildman–Crippen LogP) is 4.06. The number of azo groups is 1. The van der Waals surface area contributed by atoms with Gasteiger partial charge in [-0.25, -0.2) is 0 Å². The second-order valence-corrected chi connectivity index (χ2v) is 5.51. The van der Waals surface area contributed by atoms with Crippen LogP contribution < -0.4 is 10.6 Å².